The van der Waals surface area contributed by atoms with Crippen LogP contribution in [0.1, 0.15) is 5.56 Å². The molecule has 0 unspecified atom stereocenters. The van der Waals surface area contributed by atoms with Crippen molar-refractivity contribution in [2.24, 2.45) is 5.73 Å². The molecule has 1 heterocycles. The van der Waals surface area contributed by atoms with Gasteiger partial charge < -0.3 is 5.73 Å². The lowest BCUT2D eigenvalue weighted by Gasteiger charge is -1.99. The molecule has 0 amide bonds. The Kier molecular flexibility index (Phi) is 2.79. The summed E-state index contributed by atoms with van der Waals surface area (Å²) in [6.45, 7) is 0. The number of hydrogen-bond acceptors (Lipinski definition) is 2. The van der Waals surface area contributed by atoms with Gasteiger partial charge in [0.25, 0.3) is 0 Å². The van der Waals surface area contributed by atoms with Gasteiger partial charge in [0.05, 0.1) is 4.99 Å². The van der Waals surface area contributed by atoms with E-state index in [0.29, 0.717) is 16.6 Å². The van der Waals surface area contributed by atoms with E-state index in [2.05, 4.69) is 4.98 Å². The molecule has 0 bridgehead atoms. The average Bonchev–Trinajstić information content (AvgIpc) is 1.93. The second-order valence-electron chi connectivity index (χ2n) is 2.10. The minimum Gasteiger partial charge on any atom is -0.393 e. The largest absolute Gasteiger partial charge is 0.393 e. The van der Waals surface area contributed by atoms with Crippen LogP contribution < -0.4 is 5.73 Å². The SMILES string of the molecule is NC(=S)Cc1cccnc1Cl. The predicted molar refractivity (Wildman–Crippen MR) is 49.7 cm³/mol. The first-order valence-electron chi connectivity index (χ1n) is 3.08. The van der Waals surface area contributed by atoms with E-state index < -0.39 is 0 Å². The predicted octanol–water partition coefficient (Wildman–Crippen LogP) is 1.56. The highest BCUT2D eigenvalue weighted by molar-refractivity contribution is 7.80. The Morgan fingerprint density at radius 1 is 1.73 bits per heavy atom. The molecule has 0 saturated heterocycles. The van der Waals surface area contributed by atoms with E-state index in [1.807, 2.05) is 6.07 Å². The maximum Gasteiger partial charge on any atom is 0.132 e. The van der Waals surface area contributed by atoms with Crippen LogP contribution in [0, 0.1) is 0 Å². The van der Waals surface area contributed by atoms with Crippen molar-refractivity contribution in [1.82, 2.24) is 4.98 Å². The fourth-order valence-electron chi connectivity index (χ4n) is 0.739. The molecule has 58 valence electrons. The summed E-state index contributed by atoms with van der Waals surface area (Å²) in [5.74, 6) is 0. The Labute approximate surface area is 75.4 Å². The maximum absolute atomic E-state index is 5.74. The number of nitrogens with two attached hydrogens (primary N) is 1. The number of pyridine rings is 1. The summed E-state index contributed by atoms with van der Waals surface area (Å²) in [5.41, 5.74) is 6.21. The lowest BCUT2D eigenvalue weighted by atomic mass is 10.2. The molecule has 0 aliphatic carbocycles. The standard InChI is InChI=1S/C7H7ClN2S/c8-7-5(4-6(9)11)2-1-3-10-7/h1-3H,4H2,(H2,9,11). The maximum atomic E-state index is 5.74. The molecule has 1 aromatic heterocycles. The molecule has 1 rings (SSSR count). The first-order chi connectivity index (χ1) is 5.20. The summed E-state index contributed by atoms with van der Waals surface area (Å²) >= 11 is 10.5. The monoisotopic (exact) mass is 186 g/mol. The van der Waals surface area contributed by atoms with Crippen LogP contribution in [0.5, 0.6) is 0 Å². The van der Waals surface area contributed by atoms with Gasteiger partial charge in [0, 0.05) is 12.6 Å². The van der Waals surface area contributed by atoms with Gasteiger partial charge in [-0.15, -0.1) is 0 Å². The lowest BCUT2D eigenvalue weighted by Crippen LogP contribution is -2.11. The Balaban J connectivity index is 2.86. The molecule has 0 radical (unpaired) electrons. The molecule has 0 fully saturated rings. The molecular weight excluding hydrogens is 180 g/mol. The molecule has 2 N–H and O–H groups in total. The Morgan fingerprint density at radius 2 is 2.45 bits per heavy atom. The number of thiocarbonyl (C=S) groups is 1. The van der Waals surface area contributed by atoms with Gasteiger partial charge in [-0.05, 0) is 11.6 Å². The van der Waals surface area contributed by atoms with Crippen LogP contribution in [-0.2, 0) is 6.42 Å². The molecule has 0 spiro atoms. The number of aromatic nitrogens is 1. The van der Waals surface area contributed by atoms with Crippen LogP contribution in [0.4, 0.5) is 0 Å². The molecule has 2 nitrogen and oxygen atoms in total. The van der Waals surface area contributed by atoms with Gasteiger partial charge in [-0.2, -0.15) is 0 Å². The van der Waals surface area contributed by atoms with E-state index in [9.17, 15) is 0 Å². The summed E-state index contributed by atoms with van der Waals surface area (Å²) in [5, 5.41) is 0.473. The smallest absolute Gasteiger partial charge is 0.132 e. The zero-order valence-corrected chi connectivity index (χ0v) is 7.32. The van der Waals surface area contributed by atoms with Crippen LogP contribution in [0.15, 0.2) is 18.3 Å². The summed E-state index contributed by atoms with van der Waals surface area (Å²) in [7, 11) is 0. The van der Waals surface area contributed by atoms with Gasteiger partial charge in [-0.3, -0.25) is 0 Å². The Morgan fingerprint density at radius 3 is 3.00 bits per heavy atom. The van der Waals surface area contributed by atoms with Crippen molar-refractivity contribution in [3.63, 3.8) is 0 Å². The van der Waals surface area contributed by atoms with Crippen LogP contribution in [0.2, 0.25) is 5.15 Å². The zero-order chi connectivity index (χ0) is 8.27. The highest BCUT2D eigenvalue weighted by Crippen LogP contribution is 2.11. The van der Waals surface area contributed by atoms with Crippen LogP contribution in [0.3, 0.4) is 0 Å². The molecule has 4 heteroatoms. The highest BCUT2D eigenvalue weighted by atomic mass is 35.5. The van der Waals surface area contributed by atoms with E-state index in [0.717, 1.165) is 5.56 Å². The van der Waals surface area contributed by atoms with Crippen molar-refractivity contribution in [2.45, 2.75) is 6.42 Å². The number of halogens is 1. The molecule has 0 saturated carbocycles. The quantitative estimate of drug-likeness (QED) is 0.563. The van der Waals surface area contributed by atoms with E-state index in [4.69, 9.17) is 29.6 Å². The summed E-state index contributed by atoms with van der Waals surface area (Å²) in [4.78, 5) is 4.31. The Hall–Kier alpha value is -0.670. The lowest BCUT2D eigenvalue weighted by molar-refractivity contribution is 1.22. The van der Waals surface area contributed by atoms with Gasteiger partial charge >= 0.3 is 0 Å². The number of nitrogens with zero attached hydrogens (tertiary/aromatic N) is 1. The minimum absolute atomic E-state index is 0.430. The second-order valence-corrected chi connectivity index (χ2v) is 2.98. The van der Waals surface area contributed by atoms with Gasteiger partial charge in [0.2, 0.25) is 0 Å². The van der Waals surface area contributed by atoms with Gasteiger partial charge in [-0.1, -0.05) is 29.9 Å². The number of rotatable bonds is 2. The highest BCUT2D eigenvalue weighted by Gasteiger charge is 2.00. The first kappa shape index (κ1) is 8.43. The van der Waals surface area contributed by atoms with Gasteiger partial charge in [0.1, 0.15) is 5.15 Å². The summed E-state index contributed by atoms with van der Waals surface area (Å²) in [6.07, 6.45) is 2.15. The van der Waals surface area contributed by atoms with Crippen LogP contribution in [-0.4, -0.2) is 9.97 Å². The van der Waals surface area contributed by atoms with Crippen molar-refractivity contribution in [1.29, 1.82) is 0 Å². The molecule has 1 aromatic rings. The van der Waals surface area contributed by atoms with E-state index >= 15 is 0 Å². The number of hydrogen-bond donors (Lipinski definition) is 1. The average molecular weight is 187 g/mol. The van der Waals surface area contributed by atoms with Crippen LogP contribution >= 0.6 is 23.8 Å². The van der Waals surface area contributed by atoms with Crippen molar-refractivity contribution >= 4 is 28.8 Å². The fraction of sp³-hybridized carbons (Fsp3) is 0.143. The molecule has 0 aromatic carbocycles. The third kappa shape index (κ3) is 2.44. The third-order valence-electron chi connectivity index (χ3n) is 1.20. The molecule has 0 aliphatic heterocycles. The summed E-state index contributed by atoms with van der Waals surface area (Å²) < 4.78 is 0. The van der Waals surface area contributed by atoms with E-state index in [1.165, 1.54) is 0 Å². The zero-order valence-electron chi connectivity index (χ0n) is 5.75. The van der Waals surface area contributed by atoms with Crippen molar-refractivity contribution in [3.05, 3.63) is 29.0 Å². The summed E-state index contributed by atoms with van der Waals surface area (Å²) in [6, 6.07) is 3.66. The van der Waals surface area contributed by atoms with Crippen LogP contribution in [0.25, 0.3) is 0 Å². The third-order valence-corrected chi connectivity index (χ3v) is 1.69. The van der Waals surface area contributed by atoms with Crippen molar-refractivity contribution in [2.75, 3.05) is 0 Å². The van der Waals surface area contributed by atoms with E-state index in [-0.39, 0.29) is 0 Å². The van der Waals surface area contributed by atoms with Crippen molar-refractivity contribution in [3.8, 4) is 0 Å². The Bertz CT molecular complexity index is 275. The molecular formula is C7H7ClN2S. The second kappa shape index (κ2) is 3.64. The normalized spacial score (nSPS) is 9.55. The fourth-order valence-corrected chi connectivity index (χ4v) is 1.08. The first-order valence-corrected chi connectivity index (χ1v) is 3.86. The van der Waals surface area contributed by atoms with Crippen molar-refractivity contribution < 1.29 is 0 Å². The molecule has 11 heavy (non-hydrogen) atoms. The topological polar surface area (TPSA) is 38.9 Å². The van der Waals surface area contributed by atoms with Gasteiger partial charge in [0.15, 0.2) is 0 Å². The molecule has 0 aliphatic rings. The molecule has 0 atom stereocenters. The van der Waals surface area contributed by atoms with E-state index in [1.54, 1.807) is 12.3 Å². The minimum atomic E-state index is 0.430. The van der Waals surface area contributed by atoms with Gasteiger partial charge in [-0.25, -0.2) is 4.98 Å².